The summed E-state index contributed by atoms with van der Waals surface area (Å²) in [6, 6.07) is 15.8. The Morgan fingerprint density at radius 2 is 1.70 bits per heavy atom. The van der Waals surface area contributed by atoms with E-state index in [4.69, 9.17) is 5.11 Å². The predicted octanol–water partition coefficient (Wildman–Crippen LogP) is 5.10. The number of thiazole rings is 1. The topological polar surface area (TPSA) is 189 Å². The van der Waals surface area contributed by atoms with Crippen LogP contribution in [0.4, 0.5) is 16.5 Å². The first-order valence-corrected chi connectivity index (χ1v) is 13.1. The number of anilines is 2. The number of hydrogen-bond acceptors (Lipinski definition) is 9. The standard InChI is InChI=1S/C26H18N4O8S2/c31-22(29-26-28-21(12-40-26)14-3-1-5-17(9-14)30(37)38)13-39-18-6-2-4-16(11-18)27-23(32)19-8-7-15(24(33)34)10-20(19)25(35)36/h1-12H,13H2,(H,27,32)(H,33,34)(H,35,36)(H,28,29,31). The second-order valence-electron chi connectivity index (χ2n) is 8.03. The number of rotatable bonds is 10. The molecule has 0 aliphatic carbocycles. The highest BCUT2D eigenvalue weighted by Crippen LogP contribution is 2.28. The molecule has 0 bridgehead atoms. The lowest BCUT2D eigenvalue weighted by atomic mass is 10.0. The third-order valence-corrected chi connectivity index (χ3v) is 7.06. The lowest BCUT2D eigenvalue weighted by Gasteiger charge is -2.10. The van der Waals surface area contributed by atoms with E-state index < -0.39 is 28.3 Å². The zero-order chi connectivity index (χ0) is 28.8. The van der Waals surface area contributed by atoms with Crippen molar-refractivity contribution in [3.63, 3.8) is 0 Å². The number of carboxylic acid groups (broad SMARTS) is 2. The van der Waals surface area contributed by atoms with E-state index in [9.17, 15) is 34.4 Å². The summed E-state index contributed by atoms with van der Waals surface area (Å²) in [5.41, 5.74) is 0.401. The summed E-state index contributed by atoms with van der Waals surface area (Å²) in [4.78, 5) is 63.4. The fourth-order valence-electron chi connectivity index (χ4n) is 3.46. The molecule has 4 aromatic rings. The molecule has 0 atom stereocenters. The predicted molar refractivity (Wildman–Crippen MR) is 148 cm³/mol. The van der Waals surface area contributed by atoms with Gasteiger partial charge in [-0.3, -0.25) is 19.7 Å². The van der Waals surface area contributed by atoms with Gasteiger partial charge in [-0.1, -0.05) is 18.2 Å². The van der Waals surface area contributed by atoms with Crippen molar-refractivity contribution >= 4 is 63.4 Å². The first kappa shape index (κ1) is 27.9. The van der Waals surface area contributed by atoms with E-state index in [2.05, 4.69) is 15.6 Å². The molecular weight excluding hydrogens is 560 g/mol. The van der Waals surface area contributed by atoms with E-state index in [1.165, 1.54) is 35.2 Å². The number of benzene rings is 3. The summed E-state index contributed by atoms with van der Waals surface area (Å²) >= 11 is 2.36. The second-order valence-corrected chi connectivity index (χ2v) is 9.94. The number of non-ortho nitro benzene ring substituents is 1. The molecule has 4 N–H and O–H groups in total. The van der Waals surface area contributed by atoms with Crippen LogP contribution in [0.2, 0.25) is 0 Å². The SMILES string of the molecule is O=C(CSc1cccc(NC(=O)c2ccc(C(=O)O)cc2C(=O)O)c1)Nc1nc(-c2cccc([N+](=O)[O-])c2)cs1. The van der Waals surface area contributed by atoms with E-state index in [1.807, 2.05) is 0 Å². The van der Waals surface area contributed by atoms with E-state index in [0.717, 1.165) is 18.2 Å². The Bertz CT molecular complexity index is 1650. The van der Waals surface area contributed by atoms with Crippen LogP contribution in [0.3, 0.4) is 0 Å². The van der Waals surface area contributed by atoms with Gasteiger partial charge in [0.15, 0.2) is 5.13 Å². The van der Waals surface area contributed by atoms with Gasteiger partial charge in [-0.15, -0.1) is 23.1 Å². The van der Waals surface area contributed by atoms with Gasteiger partial charge in [0.05, 0.1) is 33.1 Å². The Kier molecular flexibility index (Phi) is 8.51. The highest BCUT2D eigenvalue weighted by atomic mass is 32.2. The zero-order valence-corrected chi connectivity index (χ0v) is 21.8. The summed E-state index contributed by atoms with van der Waals surface area (Å²) < 4.78 is 0. The highest BCUT2D eigenvalue weighted by molar-refractivity contribution is 8.00. The molecule has 0 saturated carbocycles. The van der Waals surface area contributed by atoms with Crippen molar-refractivity contribution in [1.82, 2.24) is 4.98 Å². The van der Waals surface area contributed by atoms with Gasteiger partial charge in [-0.2, -0.15) is 0 Å². The van der Waals surface area contributed by atoms with E-state index in [-0.39, 0.29) is 28.5 Å². The van der Waals surface area contributed by atoms with Gasteiger partial charge in [0.2, 0.25) is 5.91 Å². The minimum atomic E-state index is -1.44. The Hall–Kier alpha value is -5.08. The van der Waals surface area contributed by atoms with Crippen LogP contribution in [-0.2, 0) is 4.79 Å². The smallest absolute Gasteiger partial charge is 0.336 e. The summed E-state index contributed by atoms with van der Waals surface area (Å²) in [6.07, 6.45) is 0. The van der Waals surface area contributed by atoms with Crippen molar-refractivity contribution in [2.45, 2.75) is 4.90 Å². The molecule has 1 heterocycles. The largest absolute Gasteiger partial charge is 0.478 e. The molecule has 0 aliphatic heterocycles. The fourth-order valence-corrected chi connectivity index (χ4v) is 4.95. The van der Waals surface area contributed by atoms with E-state index >= 15 is 0 Å². The number of nitrogens with zero attached hydrogens (tertiary/aromatic N) is 2. The molecule has 0 radical (unpaired) electrons. The van der Waals surface area contributed by atoms with Crippen molar-refractivity contribution in [3.05, 3.63) is 98.9 Å². The third kappa shape index (κ3) is 6.86. The summed E-state index contributed by atoms with van der Waals surface area (Å²) in [5, 5.41) is 36.8. The number of nitrogens with one attached hydrogen (secondary N) is 2. The maximum atomic E-state index is 12.7. The highest BCUT2D eigenvalue weighted by Gasteiger charge is 2.19. The van der Waals surface area contributed by atoms with Gasteiger partial charge in [0.25, 0.3) is 11.6 Å². The van der Waals surface area contributed by atoms with Gasteiger partial charge < -0.3 is 20.8 Å². The van der Waals surface area contributed by atoms with Crippen LogP contribution >= 0.6 is 23.1 Å². The zero-order valence-electron chi connectivity index (χ0n) is 20.2. The van der Waals surface area contributed by atoms with Crippen LogP contribution < -0.4 is 10.6 Å². The third-order valence-electron chi connectivity index (χ3n) is 5.31. The average Bonchev–Trinajstić information content (AvgIpc) is 3.40. The fraction of sp³-hybridized carbons (Fsp3) is 0.0385. The molecule has 0 saturated heterocycles. The monoisotopic (exact) mass is 578 g/mol. The normalized spacial score (nSPS) is 10.5. The Morgan fingerprint density at radius 1 is 0.925 bits per heavy atom. The minimum absolute atomic E-state index is 0.0168. The summed E-state index contributed by atoms with van der Waals surface area (Å²) in [5.74, 6) is -3.83. The van der Waals surface area contributed by atoms with Gasteiger partial charge in [0.1, 0.15) is 0 Å². The van der Waals surface area contributed by atoms with Gasteiger partial charge in [-0.05, 0) is 36.4 Å². The van der Waals surface area contributed by atoms with Gasteiger partial charge in [-0.25, -0.2) is 14.6 Å². The molecule has 202 valence electrons. The Morgan fingerprint density at radius 3 is 2.42 bits per heavy atom. The molecule has 0 aliphatic rings. The number of nitro benzene ring substituents is 1. The number of carboxylic acids is 2. The maximum Gasteiger partial charge on any atom is 0.336 e. The summed E-state index contributed by atoms with van der Waals surface area (Å²) in [7, 11) is 0. The number of aromatic nitrogens is 1. The Balaban J connectivity index is 1.37. The van der Waals surface area contributed by atoms with Gasteiger partial charge in [0, 0.05) is 33.7 Å². The molecular formula is C26H18N4O8S2. The van der Waals surface area contributed by atoms with E-state index in [0.29, 0.717) is 27.0 Å². The van der Waals surface area contributed by atoms with Crippen molar-refractivity contribution in [2.75, 3.05) is 16.4 Å². The maximum absolute atomic E-state index is 12.7. The molecule has 2 amide bonds. The van der Waals surface area contributed by atoms with Crippen molar-refractivity contribution < 1.29 is 34.3 Å². The van der Waals surface area contributed by atoms with Gasteiger partial charge >= 0.3 is 11.9 Å². The molecule has 0 spiro atoms. The van der Waals surface area contributed by atoms with Crippen molar-refractivity contribution in [1.29, 1.82) is 0 Å². The van der Waals surface area contributed by atoms with Crippen LogP contribution in [0.1, 0.15) is 31.1 Å². The molecule has 3 aromatic carbocycles. The van der Waals surface area contributed by atoms with Crippen molar-refractivity contribution in [3.8, 4) is 11.3 Å². The molecule has 0 fully saturated rings. The molecule has 40 heavy (non-hydrogen) atoms. The number of carbonyl (C=O) groups is 4. The first-order valence-electron chi connectivity index (χ1n) is 11.3. The quantitative estimate of drug-likeness (QED) is 0.112. The van der Waals surface area contributed by atoms with Crippen molar-refractivity contribution in [2.24, 2.45) is 0 Å². The molecule has 1 aromatic heterocycles. The number of amides is 2. The van der Waals surface area contributed by atoms with Crippen LogP contribution in [0.15, 0.2) is 77.0 Å². The lowest BCUT2D eigenvalue weighted by Crippen LogP contribution is -2.17. The van der Waals surface area contributed by atoms with Crippen LogP contribution in [-0.4, -0.2) is 49.6 Å². The number of carbonyl (C=O) groups excluding carboxylic acids is 2. The lowest BCUT2D eigenvalue weighted by molar-refractivity contribution is -0.384. The average molecular weight is 579 g/mol. The number of hydrogen-bond donors (Lipinski definition) is 4. The Labute approximate surface area is 233 Å². The second kappa shape index (κ2) is 12.2. The van der Waals surface area contributed by atoms with E-state index in [1.54, 1.807) is 41.8 Å². The molecule has 0 unspecified atom stereocenters. The number of nitro groups is 1. The summed E-state index contributed by atoms with van der Waals surface area (Å²) in [6.45, 7) is 0. The van der Waals surface area contributed by atoms with Crippen LogP contribution in [0.5, 0.6) is 0 Å². The molecule has 12 nitrogen and oxygen atoms in total. The minimum Gasteiger partial charge on any atom is -0.478 e. The number of thioether (sulfide) groups is 1. The molecule has 4 rings (SSSR count). The van der Waals surface area contributed by atoms with Crippen LogP contribution in [0.25, 0.3) is 11.3 Å². The molecule has 14 heteroatoms. The van der Waals surface area contributed by atoms with Crippen LogP contribution in [0, 0.1) is 10.1 Å². The first-order chi connectivity index (χ1) is 19.1. The number of aromatic carboxylic acids is 2.